The molecular formula is C19H17NS2Sn. The molecule has 0 aromatic heterocycles. The maximum atomic E-state index is 4.66. The van der Waals surface area contributed by atoms with Crippen molar-refractivity contribution < 1.29 is 0 Å². The van der Waals surface area contributed by atoms with Crippen molar-refractivity contribution in [3.63, 3.8) is 0 Å². The third-order valence-electron chi connectivity index (χ3n) is 3.19. The summed E-state index contributed by atoms with van der Waals surface area (Å²) in [6, 6.07) is 32.9. The summed E-state index contributed by atoms with van der Waals surface area (Å²) in [7, 11) is 0. The number of benzene rings is 3. The molecule has 2 N–H and O–H groups in total. The fourth-order valence-electron chi connectivity index (χ4n) is 2.31. The fraction of sp³-hybridized carbons (Fsp3) is 0. The molecule has 0 saturated heterocycles. The number of rotatable bonds is 3. The van der Waals surface area contributed by atoms with Crippen LogP contribution in [-0.4, -0.2) is 24.1 Å². The van der Waals surface area contributed by atoms with Gasteiger partial charge in [-0.15, -0.1) is 0 Å². The molecule has 1 nitrogen and oxygen atoms in total. The van der Waals surface area contributed by atoms with Crippen LogP contribution >= 0.6 is 12.2 Å². The second-order valence-corrected chi connectivity index (χ2v) is 13.0. The molecule has 0 fully saturated rings. The summed E-state index contributed by atoms with van der Waals surface area (Å²) in [4.78, 5) is 0. The Kier molecular flexibility index (Phi) is 7.52. The van der Waals surface area contributed by atoms with Crippen LogP contribution in [0.3, 0.4) is 0 Å². The van der Waals surface area contributed by atoms with Gasteiger partial charge in [-0.1, -0.05) is 4.32 Å². The Labute approximate surface area is 155 Å². The molecule has 114 valence electrons. The van der Waals surface area contributed by atoms with E-state index in [1.807, 2.05) is 0 Å². The SMILES string of the molecule is NC(=S)[S-].c1cc[c]([Sn+]([c]2ccccc2)[c]2ccccc2)cc1. The third kappa shape index (κ3) is 5.93. The fourth-order valence-corrected chi connectivity index (χ4v) is 9.67. The van der Waals surface area contributed by atoms with E-state index in [0.29, 0.717) is 0 Å². The van der Waals surface area contributed by atoms with Crippen molar-refractivity contribution in [3.05, 3.63) is 91.0 Å². The van der Waals surface area contributed by atoms with Crippen LogP contribution in [-0.2, 0) is 12.6 Å². The number of thiocarbonyl (C=S) groups is 1. The van der Waals surface area contributed by atoms with Gasteiger partial charge in [0.25, 0.3) is 0 Å². The molecule has 0 aliphatic heterocycles. The van der Waals surface area contributed by atoms with E-state index in [-0.39, 0.29) is 4.32 Å². The summed E-state index contributed by atoms with van der Waals surface area (Å²) in [6.07, 6.45) is 0. The van der Waals surface area contributed by atoms with Crippen LogP contribution < -0.4 is 16.5 Å². The molecule has 0 atom stereocenters. The summed E-state index contributed by atoms with van der Waals surface area (Å²) in [5.41, 5.74) is 4.66. The molecule has 0 amide bonds. The van der Waals surface area contributed by atoms with Crippen molar-refractivity contribution in [1.29, 1.82) is 0 Å². The summed E-state index contributed by atoms with van der Waals surface area (Å²) in [6.45, 7) is 0. The first-order valence-electron chi connectivity index (χ1n) is 7.18. The molecular weight excluding hydrogens is 425 g/mol. The van der Waals surface area contributed by atoms with Crippen molar-refractivity contribution in [2.75, 3.05) is 0 Å². The van der Waals surface area contributed by atoms with Crippen molar-refractivity contribution in [1.82, 2.24) is 0 Å². The predicted octanol–water partition coefficient (Wildman–Crippen LogP) is 1.98. The van der Waals surface area contributed by atoms with Crippen molar-refractivity contribution >= 4 is 59.7 Å². The molecule has 23 heavy (non-hydrogen) atoms. The molecule has 0 heterocycles. The van der Waals surface area contributed by atoms with E-state index < -0.39 is 19.8 Å². The van der Waals surface area contributed by atoms with Gasteiger partial charge in [-0.3, -0.25) is 0 Å². The van der Waals surface area contributed by atoms with Crippen LogP contribution in [0.5, 0.6) is 0 Å². The number of hydrogen-bond acceptors (Lipinski definition) is 2. The van der Waals surface area contributed by atoms with E-state index in [1.165, 1.54) is 10.7 Å². The van der Waals surface area contributed by atoms with Crippen molar-refractivity contribution in [2.45, 2.75) is 0 Å². The Bertz CT molecular complexity index is 620. The second-order valence-electron chi connectivity index (χ2n) is 4.79. The monoisotopic (exact) mass is 443 g/mol. The first kappa shape index (κ1) is 17.9. The Hall–Kier alpha value is -1.43. The predicted molar refractivity (Wildman–Crippen MR) is 108 cm³/mol. The number of nitrogens with two attached hydrogens (primary N) is 1. The zero-order valence-corrected chi connectivity index (χ0v) is 17.0. The second kappa shape index (κ2) is 9.65. The molecule has 0 unspecified atom stereocenters. The maximum absolute atomic E-state index is 4.66. The van der Waals surface area contributed by atoms with Gasteiger partial charge in [0.15, 0.2) is 0 Å². The Morgan fingerprint density at radius 3 is 1.09 bits per heavy atom. The summed E-state index contributed by atoms with van der Waals surface area (Å²) < 4.78 is 4.67. The molecule has 0 spiro atoms. The topological polar surface area (TPSA) is 26.0 Å². The molecule has 0 radical (unpaired) electrons. The first-order valence-corrected chi connectivity index (χ1v) is 12.3. The molecule has 3 rings (SSSR count). The molecule has 0 bridgehead atoms. The summed E-state index contributed by atoms with van der Waals surface area (Å²) in [5.74, 6) is 0. The molecule has 0 aliphatic carbocycles. The molecule has 0 aliphatic rings. The standard InChI is InChI=1S/3C6H5.CH3NS2.Sn/c3*1-2-4-6-5-3-1;2-1(3)4;/h3*1-5H;(H3,2,3,4);/q;;;;+1/p-1. The van der Waals surface area contributed by atoms with E-state index in [1.54, 1.807) is 0 Å². The van der Waals surface area contributed by atoms with Crippen LogP contribution in [0.15, 0.2) is 91.0 Å². The molecule has 3 aromatic rings. The van der Waals surface area contributed by atoms with Gasteiger partial charge in [-0.05, 0) is 0 Å². The first-order chi connectivity index (χ1) is 11.2. The van der Waals surface area contributed by atoms with Gasteiger partial charge in [-0.25, -0.2) is 0 Å². The third-order valence-corrected chi connectivity index (χ3v) is 11.0. The summed E-state index contributed by atoms with van der Waals surface area (Å²) in [5, 5.41) is 0. The van der Waals surface area contributed by atoms with E-state index in [4.69, 9.17) is 0 Å². The van der Waals surface area contributed by atoms with Crippen molar-refractivity contribution in [3.8, 4) is 0 Å². The van der Waals surface area contributed by atoms with Gasteiger partial charge >= 0.3 is 121 Å². The Morgan fingerprint density at radius 2 is 0.870 bits per heavy atom. The molecule has 3 aromatic carbocycles. The van der Waals surface area contributed by atoms with Gasteiger partial charge in [0, 0.05) is 0 Å². The van der Waals surface area contributed by atoms with E-state index >= 15 is 0 Å². The molecule has 0 saturated carbocycles. The van der Waals surface area contributed by atoms with Crippen molar-refractivity contribution in [2.24, 2.45) is 5.73 Å². The van der Waals surface area contributed by atoms with Gasteiger partial charge in [0.1, 0.15) is 0 Å². The van der Waals surface area contributed by atoms with E-state index in [0.717, 1.165) is 0 Å². The van der Waals surface area contributed by atoms with Gasteiger partial charge in [0.2, 0.25) is 0 Å². The van der Waals surface area contributed by atoms with Crippen LogP contribution in [0.2, 0.25) is 0 Å². The zero-order chi connectivity index (χ0) is 16.5. The van der Waals surface area contributed by atoms with Crippen LogP contribution in [0.1, 0.15) is 0 Å². The van der Waals surface area contributed by atoms with Crippen LogP contribution in [0.25, 0.3) is 0 Å². The zero-order valence-electron chi connectivity index (χ0n) is 12.6. The summed E-state index contributed by atoms with van der Waals surface area (Å²) >= 11 is 6.28. The Balaban J connectivity index is 0.000000433. The quantitative estimate of drug-likeness (QED) is 0.382. The molecule has 4 heteroatoms. The minimum atomic E-state index is -1.98. The number of hydrogen-bond donors (Lipinski definition) is 1. The van der Waals surface area contributed by atoms with E-state index in [2.05, 4.69) is 122 Å². The van der Waals surface area contributed by atoms with Gasteiger partial charge < -0.3 is 30.6 Å². The average Bonchev–Trinajstić information content (AvgIpc) is 2.58. The van der Waals surface area contributed by atoms with Gasteiger partial charge in [-0.2, -0.15) is 0 Å². The normalized spacial score (nSPS) is 9.39. The van der Waals surface area contributed by atoms with Crippen LogP contribution in [0.4, 0.5) is 0 Å². The Morgan fingerprint density at radius 1 is 0.652 bits per heavy atom. The van der Waals surface area contributed by atoms with Gasteiger partial charge in [0.05, 0.1) is 0 Å². The van der Waals surface area contributed by atoms with Crippen LogP contribution in [0, 0.1) is 0 Å². The van der Waals surface area contributed by atoms with E-state index in [9.17, 15) is 0 Å². The average molecular weight is 442 g/mol. The minimum absolute atomic E-state index is 0.0833.